The Morgan fingerprint density at radius 3 is 2.50 bits per heavy atom. The van der Waals surface area contributed by atoms with Gasteiger partial charge in [0.05, 0.1) is 5.02 Å². The Hall–Kier alpha value is -2.00. The van der Waals surface area contributed by atoms with Crippen LogP contribution in [0.5, 0.6) is 0 Å². The maximum atomic E-state index is 6.24. The van der Waals surface area contributed by atoms with Crippen LogP contribution in [-0.4, -0.2) is 9.38 Å². The zero-order chi connectivity index (χ0) is 14.4. The highest BCUT2D eigenvalue weighted by atomic mass is 35.5. The molecule has 102 valence electrons. The Labute approximate surface area is 123 Å². The van der Waals surface area contributed by atoms with Crippen LogP contribution in [0, 0.1) is 20.8 Å². The van der Waals surface area contributed by atoms with E-state index >= 15 is 0 Å². The molecule has 0 unspecified atom stereocenters. The number of aryl methyl sites for hydroxylation is 3. The standard InChI is InChI=1S/C16H16ClN3/c1-9-7-11(3)12(8-10(9)2)14-15(18)20-6-4-5-13(17)16(20)19-14/h4-8H,18H2,1-3H3. The van der Waals surface area contributed by atoms with Crippen molar-refractivity contribution in [1.29, 1.82) is 0 Å². The van der Waals surface area contributed by atoms with E-state index in [9.17, 15) is 0 Å². The molecular formula is C16H16ClN3. The molecule has 3 rings (SSSR count). The van der Waals surface area contributed by atoms with E-state index in [4.69, 9.17) is 17.3 Å². The van der Waals surface area contributed by atoms with Crippen molar-refractivity contribution in [1.82, 2.24) is 9.38 Å². The van der Waals surface area contributed by atoms with Crippen LogP contribution in [-0.2, 0) is 0 Å². The van der Waals surface area contributed by atoms with Crippen LogP contribution < -0.4 is 5.73 Å². The third kappa shape index (κ3) is 1.86. The second-order valence-electron chi connectivity index (χ2n) is 5.15. The van der Waals surface area contributed by atoms with Gasteiger partial charge >= 0.3 is 0 Å². The molecule has 0 fully saturated rings. The van der Waals surface area contributed by atoms with Crippen LogP contribution in [0.2, 0.25) is 5.02 Å². The fraction of sp³-hybridized carbons (Fsp3) is 0.188. The summed E-state index contributed by atoms with van der Waals surface area (Å²) in [5.74, 6) is 0.619. The molecule has 4 heteroatoms. The summed E-state index contributed by atoms with van der Waals surface area (Å²) in [6.07, 6.45) is 1.88. The third-order valence-corrected chi connectivity index (χ3v) is 4.03. The van der Waals surface area contributed by atoms with E-state index in [1.54, 1.807) is 0 Å². The molecule has 0 saturated carbocycles. The fourth-order valence-corrected chi connectivity index (χ4v) is 2.67. The number of halogens is 1. The lowest BCUT2D eigenvalue weighted by atomic mass is 9.99. The van der Waals surface area contributed by atoms with Crippen molar-refractivity contribution in [3.8, 4) is 11.3 Å². The summed E-state index contributed by atoms with van der Waals surface area (Å²) in [5.41, 5.74) is 12.4. The van der Waals surface area contributed by atoms with Crippen LogP contribution in [0.15, 0.2) is 30.5 Å². The van der Waals surface area contributed by atoms with E-state index < -0.39 is 0 Å². The van der Waals surface area contributed by atoms with Crippen molar-refractivity contribution in [3.05, 3.63) is 52.2 Å². The average Bonchev–Trinajstić information content (AvgIpc) is 2.73. The molecule has 0 radical (unpaired) electrons. The smallest absolute Gasteiger partial charge is 0.157 e. The molecule has 0 amide bonds. The molecule has 1 aromatic carbocycles. The lowest BCUT2D eigenvalue weighted by Gasteiger charge is -2.08. The molecule has 2 N–H and O–H groups in total. The maximum absolute atomic E-state index is 6.24. The SMILES string of the molecule is Cc1cc(C)c(-c2nc3c(Cl)cccn3c2N)cc1C. The second-order valence-corrected chi connectivity index (χ2v) is 5.55. The normalized spacial score (nSPS) is 11.2. The number of nitrogens with zero attached hydrogens (tertiary/aromatic N) is 2. The first-order chi connectivity index (χ1) is 9.49. The summed E-state index contributed by atoms with van der Waals surface area (Å²) < 4.78 is 1.83. The fourth-order valence-electron chi connectivity index (χ4n) is 2.47. The Morgan fingerprint density at radius 2 is 1.80 bits per heavy atom. The van der Waals surface area contributed by atoms with Gasteiger partial charge < -0.3 is 5.73 Å². The van der Waals surface area contributed by atoms with Crippen molar-refractivity contribution < 1.29 is 0 Å². The number of benzene rings is 1. The molecule has 3 aromatic rings. The zero-order valence-corrected chi connectivity index (χ0v) is 12.5. The minimum Gasteiger partial charge on any atom is -0.383 e. The van der Waals surface area contributed by atoms with Crippen LogP contribution >= 0.6 is 11.6 Å². The summed E-state index contributed by atoms with van der Waals surface area (Å²) in [7, 11) is 0. The summed E-state index contributed by atoms with van der Waals surface area (Å²) in [4.78, 5) is 4.62. The molecular weight excluding hydrogens is 270 g/mol. The van der Waals surface area contributed by atoms with Crippen LogP contribution in [0.4, 0.5) is 5.82 Å². The van der Waals surface area contributed by atoms with Gasteiger partial charge in [-0.1, -0.05) is 17.7 Å². The van der Waals surface area contributed by atoms with Gasteiger partial charge in [-0.15, -0.1) is 0 Å². The molecule has 2 aromatic heterocycles. The quantitative estimate of drug-likeness (QED) is 0.729. The Kier molecular flexibility index (Phi) is 2.94. The highest BCUT2D eigenvalue weighted by Gasteiger charge is 2.15. The van der Waals surface area contributed by atoms with Gasteiger partial charge in [-0.2, -0.15) is 0 Å². The number of nitrogen functional groups attached to an aromatic ring is 1. The first-order valence-electron chi connectivity index (χ1n) is 6.49. The van der Waals surface area contributed by atoms with E-state index in [2.05, 4.69) is 37.9 Å². The van der Waals surface area contributed by atoms with E-state index in [0.29, 0.717) is 16.5 Å². The van der Waals surface area contributed by atoms with E-state index in [1.807, 2.05) is 22.7 Å². The van der Waals surface area contributed by atoms with Crippen LogP contribution in [0.25, 0.3) is 16.9 Å². The van der Waals surface area contributed by atoms with Crippen molar-refractivity contribution in [2.75, 3.05) is 5.73 Å². The number of aromatic nitrogens is 2. The Balaban J connectivity index is 2.33. The third-order valence-electron chi connectivity index (χ3n) is 3.74. The number of rotatable bonds is 1. The van der Waals surface area contributed by atoms with Gasteiger partial charge in [0.1, 0.15) is 11.5 Å². The molecule has 0 aliphatic rings. The summed E-state index contributed by atoms with van der Waals surface area (Å²) >= 11 is 6.19. The van der Waals surface area contributed by atoms with Gasteiger partial charge in [0.25, 0.3) is 0 Å². The van der Waals surface area contributed by atoms with E-state index in [-0.39, 0.29) is 0 Å². The average molecular weight is 286 g/mol. The number of nitrogens with two attached hydrogens (primary N) is 1. The molecule has 0 atom stereocenters. The van der Waals surface area contributed by atoms with Crippen molar-refractivity contribution in [3.63, 3.8) is 0 Å². The van der Waals surface area contributed by atoms with Crippen molar-refractivity contribution >= 4 is 23.1 Å². The van der Waals surface area contributed by atoms with Gasteiger partial charge in [-0.3, -0.25) is 4.40 Å². The number of hydrogen-bond acceptors (Lipinski definition) is 2. The zero-order valence-electron chi connectivity index (χ0n) is 11.7. The minimum atomic E-state index is 0.604. The predicted molar refractivity (Wildman–Crippen MR) is 84.3 cm³/mol. The molecule has 2 heterocycles. The van der Waals surface area contributed by atoms with E-state index in [0.717, 1.165) is 11.3 Å². The molecule has 3 nitrogen and oxygen atoms in total. The molecule has 0 saturated heterocycles. The topological polar surface area (TPSA) is 43.3 Å². The van der Waals surface area contributed by atoms with Gasteiger partial charge in [-0.05, 0) is 55.7 Å². The predicted octanol–water partition coefficient (Wildman–Crippen LogP) is 4.16. The lowest BCUT2D eigenvalue weighted by Crippen LogP contribution is -1.95. The van der Waals surface area contributed by atoms with Gasteiger partial charge in [0.15, 0.2) is 5.65 Å². The number of fused-ring (bicyclic) bond motifs is 1. The minimum absolute atomic E-state index is 0.604. The summed E-state index contributed by atoms with van der Waals surface area (Å²) in [6.45, 7) is 6.28. The first-order valence-corrected chi connectivity index (χ1v) is 6.87. The van der Waals surface area contributed by atoms with E-state index in [1.165, 1.54) is 16.7 Å². The monoisotopic (exact) mass is 285 g/mol. The molecule has 20 heavy (non-hydrogen) atoms. The molecule has 0 aliphatic carbocycles. The summed E-state index contributed by atoms with van der Waals surface area (Å²) in [6, 6.07) is 7.98. The van der Waals surface area contributed by atoms with Gasteiger partial charge in [-0.25, -0.2) is 4.98 Å². The molecule has 0 bridgehead atoms. The maximum Gasteiger partial charge on any atom is 0.157 e. The van der Waals surface area contributed by atoms with Crippen LogP contribution in [0.3, 0.4) is 0 Å². The second kappa shape index (κ2) is 4.53. The number of hydrogen-bond donors (Lipinski definition) is 1. The first kappa shape index (κ1) is 13.0. The number of pyridine rings is 1. The number of imidazole rings is 1. The highest BCUT2D eigenvalue weighted by Crippen LogP contribution is 2.32. The molecule has 0 aliphatic heterocycles. The highest BCUT2D eigenvalue weighted by molar-refractivity contribution is 6.33. The van der Waals surface area contributed by atoms with Crippen molar-refractivity contribution in [2.24, 2.45) is 0 Å². The van der Waals surface area contributed by atoms with Gasteiger partial charge in [0, 0.05) is 11.8 Å². The van der Waals surface area contributed by atoms with Gasteiger partial charge in [0.2, 0.25) is 0 Å². The Morgan fingerprint density at radius 1 is 1.10 bits per heavy atom. The number of anilines is 1. The van der Waals surface area contributed by atoms with Crippen LogP contribution in [0.1, 0.15) is 16.7 Å². The van der Waals surface area contributed by atoms with Crippen molar-refractivity contribution in [2.45, 2.75) is 20.8 Å². The summed E-state index contributed by atoms with van der Waals surface area (Å²) in [5, 5.41) is 0.604. The lowest BCUT2D eigenvalue weighted by molar-refractivity contribution is 1.20. The largest absolute Gasteiger partial charge is 0.383 e. The molecule has 0 spiro atoms. The Bertz CT molecular complexity index is 818.